The average Bonchev–Trinajstić information content (AvgIpc) is 4.03. The van der Waals surface area contributed by atoms with Crippen molar-refractivity contribution >= 4 is 17.7 Å². The van der Waals surface area contributed by atoms with E-state index in [4.69, 9.17) is 9.47 Å². The van der Waals surface area contributed by atoms with Gasteiger partial charge in [0.15, 0.2) is 0 Å². The van der Waals surface area contributed by atoms with Crippen molar-refractivity contribution < 1.29 is 19.1 Å². The van der Waals surface area contributed by atoms with Crippen LogP contribution in [0.2, 0.25) is 0 Å². The van der Waals surface area contributed by atoms with Gasteiger partial charge in [0, 0.05) is 36.0 Å². The molecule has 0 unspecified atom stereocenters. The number of carbonyl (C=O) groups excluding carboxylic acids is 2. The number of hydrogen-bond acceptors (Lipinski definition) is 5. The first-order valence-electron chi connectivity index (χ1n) is 17.5. The molecule has 244 valence electrons. The van der Waals surface area contributed by atoms with Crippen LogP contribution in [-0.2, 0) is 9.53 Å². The van der Waals surface area contributed by atoms with E-state index in [-0.39, 0.29) is 30.1 Å². The van der Waals surface area contributed by atoms with E-state index in [0.29, 0.717) is 17.9 Å². The zero-order chi connectivity index (χ0) is 31.6. The highest BCUT2D eigenvalue weighted by Crippen LogP contribution is 2.40. The minimum absolute atomic E-state index is 0.0637. The summed E-state index contributed by atoms with van der Waals surface area (Å²) in [7, 11) is 1.73. The highest BCUT2D eigenvalue weighted by molar-refractivity contribution is 5.95. The Hall–Kier alpha value is -3.81. The Bertz CT molecular complexity index is 1530. The summed E-state index contributed by atoms with van der Waals surface area (Å²) < 4.78 is 13.3. The van der Waals surface area contributed by atoms with Gasteiger partial charge in [-0.1, -0.05) is 24.3 Å². The Kier molecular flexibility index (Phi) is 9.05. The third-order valence-corrected chi connectivity index (χ3v) is 10.7. The number of carbonyl (C=O) groups is 2. The summed E-state index contributed by atoms with van der Waals surface area (Å²) in [6.07, 6.45) is 15.6. The maximum Gasteiger partial charge on any atom is 0.407 e. The zero-order valence-corrected chi connectivity index (χ0v) is 27.3. The van der Waals surface area contributed by atoms with E-state index in [9.17, 15) is 9.59 Å². The number of benzene rings is 2. The molecule has 0 spiro atoms. The van der Waals surface area contributed by atoms with Crippen LogP contribution in [0, 0.1) is 18.8 Å². The van der Waals surface area contributed by atoms with Gasteiger partial charge in [0.2, 0.25) is 5.91 Å². The number of aryl methyl sites for hydroxylation is 1. The van der Waals surface area contributed by atoms with E-state index < -0.39 is 0 Å². The second-order valence-electron chi connectivity index (χ2n) is 14.2. The lowest BCUT2D eigenvalue weighted by Crippen LogP contribution is -2.42. The molecule has 8 heteroatoms. The van der Waals surface area contributed by atoms with Crippen LogP contribution in [0.4, 0.5) is 10.5 Å². The molecular weight excluding hydrogens is 576 g/mol. The molecule has 3 aromatic rings. The van der Waals surface area contributed by atoms with Gasteiger partial charge < -0.3 is 19.7 Å². The molecule has 4 saturated carbocycles. The molecule has 0 aliphatic heterocycles. The molecule has 7 rings (SSSR count). The van der Waals surface area contributed by atoms with Crippen LogP contribution in [0.15, 0.2) is 54.9 Å². The second-order valence-corrected chi connectivity index (χ2v) is 14.2. The number of nitrogens with zero attached hydrogens (tertiary/aromatic N) is 3. The van der Waals surface area contributed by atoms with Gasteiger partial charge in [-0.3, -0.25) is 9.48 Å². The van der Waals surface area contributed by atoms with Crippen molar-refractivity contribution in [1.82, 2.24) is 15.1 Å². The summed E-state index contributed by atoms with van der Waals surface area (Å²) >= 11 is 0. The van der Waals surface area contributed by atoms with Gasteiger partial charge in [-0.15, -0.1) is 0 Å². The minimum atomic E-state index is -0.305. The van der Waals surface area contributed by atoms with Gasteiger partial charge >= 0.3 is 6.09 Å². The number of nitrogens with one attached hydrogen (secondary N) is 1. The molecular formula is C38H48N4O4. The summed E-state index contributed by atoms with van der Waals surface area (Å²) in [5, 5.41) is 7.54. The Labute approximate surface area is 272 Å². The molecule has 0 atom stereocenters. The van der Waals surface area contributed by atoms with Crippen molar-refractivity contribution in [2.45, 2.75) is 108 Å². The lowest BCUT2D eigenvalue weighted by molar-refractivity contribution is -0.124. The molecule has 46 heavy (non-hydrogen) atoms. The predicted octanol–water partition coefficient (Wildman–Crippen LogP) is 7.96. The first-order chi connectivity index (χ1) is 22.4. The fourth-order valence-corrected chi connectivity index (χ4v) is 7.52. The number of alkyl carbamates (subject to hydrolysis) is 1. The maximum atomic E-state index is 14.4. The number of amides is 2. The summed E-state index contributed by atoms with van der Waals surface area (Å²) in [4.78, 5) is 28.7. The summed E-state index contributed by atoms with van der Waals surface area (Å²) in [6, 6.07) is 15.9. The third kappa shape index (κ3) is 7.26. The molecule has 4 aliphatic rings. The number of aromatic nitrogens is 2. The number of methoxy groups -OCH3 is 1. The van der Waals surface area contributed by atoms with Crippen molar-refractivity contribution in [1.29, 1.82) is 0 Å². The van der Waals surface area contributed by atoms with Gasteiger partial charge in [-0.25, -0.2) is 4.79 Å². The van der Waals surface area contributed by atoms with E-state index >= 15 is 0 Å². The Morgan fingerprint density at radius 3 is 2.39 bits per heavy atom. The van der Waals surface area contributed by atoms with Crippen LogP contribution in [0.1, 0.15) is 100 Å². The molecule has 4 fully saturated rings. The number of rotatable bonds is 10. The molecule has 4 aliphatic carbocycles. The molecule has 2 amide bonds. The lowest BCUT2D eigenvalue weighted by atomic mass is 9.78. The molecule has 2 aromatic carbocycles. The predicted molar refractivity (Wildman–Crippen MR) is 179 cm³/mol. The third-order valence-electron chi connectivity index (χ3n) is 10.7. The van der Waals surface area contributed by atoms with Gasteiger partial charge in [-0.2, -0.15) is 5.10 Å². The van der Waals surface area contributed by atoms with Crippen molar-refractivity contribution in [3.63, 3.8) is 0 Å². The largest absolute Gasteiger partial charge is 0.496 e. The monoisotopic (exact) mass is 624 g/mol. The second kappa shape index (κ2) is 13.5. The molecule has 0 radical (unpaired) electrons. The van der Waals surface area contributed by atoms with Gasteiger partial charge in [0.05, 0.1) is 19.3 Å². The quantitative estimate of drug-likeness (QED) is 0.247. The fourth-order valence-electron chi connectivity index (χ4n) is 7.52. The van der Waals surface area contributed by atoms with E-state index in [2.05, 4.69) is 75.6 Å². The van der Waals surface area contributed by atoms with Gasteiger partial charge in [0.1, 0.15) is 11.9 Å². The molecule has 1 heterocycles. The highest BCUT2D eigenvalue weighted by atomic mass is 16.6. The fraction of sp³-hybridized carbons (Fsp3) is 0.553. The van der Waals surface area contributed by atoms with Crippen LogP contribution >= 0.6 is 0 Å². The summed E-state index contributed by atoms with van der Waals surface area (Å²) in [5.74, 6) is 2.08. The van der Waals surface area contributed by atoms with Crippen molar-refractivity contribution in [2.75, 3.05) is 18.6 Å². The van der Waals surface area contributed by atoms with Crippen LogP contribution in [-0.4, -0.2) is 47.6 Å². The first kappa shape index (κ1) is 30.8. The topological polar surface area (TPSA) is 85.7 Å². The van der Waals surface area contributed by atoms with E-state index in [1.807, 2.05) is 6.20 Å². The molecule has 1 N–H and O–H groups in total. The smallest absolute Gasteiger partial charge is 0.407 e. The summed E-state index contributed by atoms with van der Waals surface area (Å²) in [5.41, 5.74) is 5.74. The molecule has 0 bridgehead atoms. The number of ether oxygens (including phenoxy) is 2. The van der Waals surface area contributed by atoms with Gasteiger partial charge in [-0.05, 0) is 131 Å². The Morgan fingerprint density at radius 1 is 0.913 bits per heavy atom. The normalized spacial score (nSPS) is 24.7. The van der Waals surface area contributed by atoms with Crippen molar-refractivity contribution in [3.05, 3.63) is 66.0 Å². The van der Waals surface area contributed by atoms with E-state index in [0.717, 1.165) is 93.3 Å². The maximum absolute atomic E-state index is 14.4. The Morgan fingerprint density at radius 2 is 1.70 bits per heavy atom. The highest BCUT2D eigenvalue weighted by Gasteiger charge is 2.34. The first-order valence-corrected chi connectivity index (χ1v) is 17.5. The lowest BCUT2D eigenvalue weighted by Gasteiger charge is -2.36. The van der Waals surface area contributed by atoms with Crippen molar-refractivity contribution in [3.8, 4) is 16.9 Å². The van der Waals surface area contributed by atoms with Crippen LogP contribution < -0.4 is 15.0 Å². The van der Waals surface area contributed by atoms with E-state index in [1.165, 1.54) is 24.0 Å². The average molecular weight is 625 g/mol. The Balaban J connectivity index is 1.04. The minimum Gasteiger partial charge on any atom is -0.496 e. The number of anilines is 1. The molecule has 0 saturated heterocycles. The molecule has 1 aromatic heterocycles. The summed E-state index contributed by atoms with van der Waals surface area (Å²) in [6.45, 7) is 2.85. The van der Waals surface area contributed by atoms with Crippen molar-refractivity contribution in [2.24, 2.45) is 11.8 Å². The standard InChI is InChI=1S/C38H48N4O4/c1-25-20-30(12-19-36(25)45-2)27-8-6-26(7-9-27)23-41(34-5-3-4-29(21-34)31-22-39-42(24-31)33-15-16-33)37(43)28-10-17-35(18-11-28)46-38(44)40-32-13-14-32/h3-5,12,19-22,24,26-28,32-33,35H,6-11,13-18,23H2,1-2H3,(H,40,44). The SMILES string of the molecule is COc1ccc(C2CCC(CN(C(=O)C3CCC(OC(=O)NC4CC4)CC3)c3cccc(-c4cnn(C5CC5)c4)c3)CC2)cc1C. The van der Waals surface area contributed by atoms with Crippen LogP contribution in [0.25, 0.3) is 11.1 Å². The van der Waals surface area contributed by atoms with Crippen LogP contribution in [0.5, 0.6) is 5.75 Å². The van der Waals surface area contributed by atoms with Gasteiger partial charge in [0.25, 0.3) is 0 Å². The van der Waals surface area contributed by atoms with E-state index in [1.54, 1.807) is 7.11 Å². The zero-order valence-electron chi connectivity index (χ0n) is 27.3. The van der Waals surface area contributed by atoms with Crippen LogP contribution in [0.3, 0.4) is 0 Å². The number of hydrogen-bond donors (Lipinski definition) is 1. The molecule has 8 nitrogen and oxygen atoms in total.